The number of benzene rings is 1. The Morgan fingerprint density at radius 1 is 1.20 bits per heavy atom. The number of carbonyl (C=O) groups excluding carboxylic acids is 1. The quantitative estimate of drug-likeness (QED) is 0.837. The minimum atomic E-state index is -3.13. The summed E-state index contributed by atoms with van der Waals surface area (Å²) in [5.74, 6) is -0.380. The van der Waals surface area contributed by atoms with Crippen LogP contribution in [0.15, 0.2) is 18.2 Å². The number of fused-ring (bicyclic) bond motifs is 1. The molecule has 1 amide bonds. The molecule has 1 aliphatic carbocycles. The third-order valence-corrected chi connectivity index (χ3v) is 6.34. The topological polar surface area (TPSA) is 63.2 Å². The van der Waals surface area contributed by atoms with Gasteiger partial charge in [-0.25, -0.2) is 8.42 Å². The summed E-state index contributed by atoms with van der Waals surface area (Å²) in [6, 6.07) is 5.19. The summed E-state index contributed by atoms with van der Waals surface area (Å²) in [6.07, 6.45) is 3.21. The Morgan fingerprint density at radius 3 is 2.65 bits per heavy atom. The van der Waals surface area contributed by atoms with Gasteiger partial charge in [-0.15, -0.1) is 11.6 Å². The molecule has 1 aromatic carbocycles. The molecule has 0 radical (unpaired) electrons. The molecule has 1 N–H and O–H groups in total. The second-order valence-corrected chi connectivity index (χ2v) is 8.22. The molecule has 1 aliphatic heterocycles. The van der Waals surface area contributed by atoms with E-state index in [0.29, 0.717) is 5.56 Å². The first kappa shape index (κ1) is 13.9. The van der Waals surface area contributed by atoms with Crippen LogP contribution in [-0.4, -0.2) is 37.2 Å². The summed E-state index contributed by atoms with van der Waals surface area (Å²) in [6.45, 7) is 0. The van der Waals surface area contributed by atoms with Crippen LogP contribution in [0.4, 0.5) is 0 Å². The number of alkyl halides is 1. The minimum absolute atomic E-state index is 0.0658. The predicted octanol–water partition coefficient (Wildman–Crippen LogP) is 1.31. The number of hydrogen-bond donors (Lipinski definition) is 1. The number of aryl methyl sites for hydroxylation is 2. The lowest BCUT2D eigenvalue weighted by atomic mass is 10.1. The molecule has 0 saturated carbocycles. The van der Waals surface area contributed by atoms with Gasteiger partial charge in [-0.3, -0.25) is 4.79 Å². The minimum Gasteiger partial charge on any atom is -0.347 e. The van der Waals surface area contributed by atoms with Crippen molar-refractivity contribution in [2.45, 2.75) is 30.7 Å². The molecule has 1 fully saturated rings. The predicted molar refractivity (Wildman–Crippen MR) is 78.0 cm³/mol. The van der Waals surface area contributed by atoms with Crippen LogP contribution in [0.2, 0.25) is 0 Å². The number of rotatable bonds is 2. The molecule has 2 unspecified atom stereocenters. The summed E-state index contributed by atoms with van der Waals surface area (Å²) in [5, 5.41) is 2.20. The van der Waals surface area contributed by atoms with E-state index >= 15 is 0 Å². The van der Waals surface area contributed by atoms with Crippen LogP contribution in [-0.2, 0) is 22.7 Å². The van der Waals surface area contributed by atoms with Gasteiger partial charge in [-0.1, -0.05) is 6.07 Å². The number of hydrogen-bond acceptors (Lipinski definition) is 3. The highest BCUT2D eigenvalue weighted by Gasteiger charge is 2.37. The van der Waals surface area contributed by atoms with Gasteiger partial charge < -0.3 is 5.32 Å². The van der Waals surface area contributed by atoms with Gasteiger partial charge in [0.2, 0.25) is 0 Å². The molecule has 1 heterocycles. The number of amides is 1. The van der Waals surface area contributed by atoms with Crippen LogP contribution in [0.25, 0.3) is 0 Å². The average Bonchev–Trinajstić information content (AvgIpc) is 2.92. The molecule has 2 atom stereocenters. The second-order valence-electron chi connectivity index (χ2n) is 5.51. The van der Waals surface area contributed by atoms with E-state index < -0.39 is 21.3 Å². The zero-order valence-electron chi connectivity index (χ0n) is 10.9. The fourth-order valence-corrected chi connectivity index (χ4v) is 5.45. The SMILES string of the molecule is O=C(NC1CS(=O)(=O)CC1Cl)c1ccc2c(c1)CCC2. The summed E-state index contributed by atoms with van der Waals surface area (Å²) >= 11 is 5.99. The van der Waals surface area contributed by atoms with Crippen LogP contribution in [0.3, 0.4) is 0 Å². The van der Waals surface area contributed by atoms with Crippen molar-refractivity contribution in [3.05, 3.63) is 34.9 Å². The lowest BCUT2D eigenvalue weighted by Crippen LogP contribution is -2.40. The molecule has 2 aliphatic rings. The van der Waals surface area contributed by atoms with E-state index in [9.17, 15) is 13.2 Å². The third-order valence-electron chi connectivity index (χ3n) is 3.96. The summed E-state index contributed by atoms with van der Waals surface area (Å²) < 4.78 is 23.0. The van der Waals surface area contributed by atoms with Crippen LogP contribution < -0.4 is 5.32 Å². The van der Waals surface area contributed by atoms with Crippen LogP contribution in [0.5, 0.6) is 0 Å². The zero-order chi connectivity index (χ0) is 14.3. The van der Waals surface area contributed by atoms with E-state index in [1.807, 2.05) is 12.1 Å². The molecular weight excluding hydrogens is 298 g/mol. The Morgan fingerprint density at radius 2 is 1.95 bits per heavy atom. The number of nitrogens with one attached hydrogen (secondary N) is 1. The normalized spacial score (nSPS) is 27.2. The van der Waals surface area contributed by atoms with Gasteiger partial charge in [0.25, 0.3) is 5.91 Å². The van der Waals surface area contributed by atoms with E-state index in [0.717, 1.165) is 19.3 Å². The molecule has 4 nitrogen and oxygen atoms in total. The first-order chi connectivity index (χ1) is 9.44. The Bertz CT molecular complexity index is 656. The number of carbonyl (C=O) groups is 1. The first-order valence-corrected chi connectivity index (χ1v) is 8.97. The van der Waals surface area contributed by atoms with E-state index in [2.05, 4.69) is 5.32 Å². The van der Waals surface area contributed by atoms with E-state index in [4.69, 9.17) is 11.6 Å². The summed E-state index contributed by atoms with van der Waals surface area (Å²) in [7, 11) is -3.13. The van der Waals surface area contributed by atoms with Crippen molar-refractivity contribution in [1.82, 2.24) is 5.32 Å². The Balaban J connectivity index is 1.74. The Kier molecular flexibility index (Phi) is 3.50. The van der Waals surface area contributed by atoms with Crippen molar-refractivity contribution in [3.63, 3.8) is 0 Å². The fourth-order valence-electron chi connectivity index (χ4n) is 2.90. The van der Waals surface area contributed by atoms with Crippen molar-refractivity contribution in [2.75, 3.05) is 11.5 Å². The van der Waals surface area contributed by atoms with Crippen molar-refractivity contribution in [2.24, 2.45) is 0 Å². The van der Waals surface area contributed by atoms with E-state index in [-0.39, 0.29) is 17.4 Å². The molecular formula is C14H16ClNO3S. The number of sulfone groups is 1. The maximum atomic E-state index is 12.2. The molecule has 0 bridgehead atoms. The average molecular weight is 314 g/mol. The molecule has 0 spiro atoms. The first-order valence-electron chi connectivity index (χ1n) is 6.72. The van der Waals surface area contributed by atoms with Gasteiger partial charge in [0.1, 0.15) is 0 Å². The van der Waals surface area contributed by atoms with Crippen LogP contribution in [0.1, 0.15) is 27.9 Å². The second kappa shape index (κ2) is 5.04. The standard InChI is InChI=1S/C14H16ClNO3S/c15-12-7-20(18,19)8-13(12)16-14(17)11-5-4-9-2-1-3-10(9)6-11/h4-6,12-13H,1-3,7-8H2,(H,16,17). The third kappa shape index (κ3) is 2.69. The maximum absolute atomic E-state index is 12.2. The lowest BCUT2D eigenvalue weighted by molar-refractivity contribution is 0.0941. The Hall–Kier alpha value is -1.07. The highest BCUT2D eigenvalue weighted by molar-refractivity contribution is 7.91. The molecule has 3 rings (SSSR count). The van der Waals surface area contributed by atoms with Gasteiger partial charge >= 0.3 is 0 Å². The smallest absolute Gasteiger partial charge is 0.251 e. The van der Waals surface area contributed by atoms with Gasteiger partial charge in [-0.05, 0) is 42.5 Å². The highest BCUT2D eigenvalue weighted by Crippen LogP contribution is 2.23. The van der Waals surface area contributed by atoms with Gasteiger partial charge in [0.15, 0.2) is 9.84 Å². The molecule has 108 valence electrons. The fraction of sp³-hybridized carbons (Fsp3) is 0.500. The van der Waals surface area contributed by atoms with Gasteiger partial charge in [-0.2, -0.15) is 0 Å². The van der Waals surface area contributed by atoms with Crippen molar-refractivity contribution < 1.29 is 13.2 Å². The van der Waals surface area contributed by atoms with Crippen LogP contribution >= 0.6 is 11.6 Å². The molecule has 20 heavy (non-hydrogen) atoms. The maximum Gasteiger partial charge on any atom is 0.251 e. The molecule has 6 heteroatoms. The van der Waals surface area contributed by atoms with Crippen molar-refractivity contribution >= 4 is 27.3 Å². The van der Waals surface area contributed by atoms with E-state index in [1.165, 1.54) is 11.1 Å². The highest BCUT2D eigenvalue weighted by atomic mass is 35.5. The van der Waals surface area contributed by atoms with Crippen molar-refractivity contribution in [3.8, 4) is 0 Å². The van der Waals surface area contributed by atoms with Gasteiger partial charge in [0, 0.05) is 5.56 Å². The molecule has 0 aromatic heterocycles. The zero-order valence-corrected chi connectivity index (χ0v) is 12.5. The lowest BCUT2D eigenvalue weighted by Gasteiger charge is -2.14. The molecule has 1 saturated heterocycles. The number of halogens is 1. The molecule has 1 aromatic rings. The largest absolute Gasteiger partial charge is 0.347 e. The monoisotopic (exact) mass is 313 g/mol. The Labute approximate surface area is 123 Å². The van der Waals surface area contributed by atoms with Crippen LogP contribution in [0, 0.1) is 0 Å². The summed E-state index contributed by atoms with van der Waals surface area (Å²) in [5.41, 5.74) is 3.11. The summed E-state index contributed by atoms with van der Waals surface area (Å²) in [4.78, 5) is 12.2. The van der Waals surface area contributed by atoms with E-state index in [1.54, 1.807) is 6.07 Å². The van der Waals surface area contributed by atoms with Gasteiger partial charge in [0.05, 0.1) is 22.9 Å². The van der Waals surface area contributed by atoms with Crippen molar-refractivity contribution in [1.29, 1.82) is 0 Å².